The van der Waals surface area contributed by atoms with Crippen molar-refractivity contribution in [2.45, 2.75) is 45.1 Å². The number of aryl methyl sites for hydroxylation is 1. The maximum Gasteiger partial charge on any atom is 0.225 e. The number of rotatable bonds is 2. The second-order valence-electron chi connectivity index (χ2n) is 7.76. The van der Waals surface area contributed by atoms with Crippen molar-refractivity contribution in [3.8, 4) is 0 Å². The fourth-order valence-electron chi connectivity index (χ4n) is 4.86. The second-order valence-corrected chi connectivity index (χ2v) is 8.98. The van der Waals surface area contributed by atoms with E-state index in [9.17, 15) is 4.79 Å². The Bertz CT molecular complexity index is 582. The number of carbonyl (C=O) groups is 1. The summed E-state index contributed by atoms with van der Waals surface area (Å²) in [5.41, 5.74) is 6.37. The summed E-state index contributed by atoms with van der Waals surface area (Å²) in [6.45, 7) is 5.55. The average Bonchev–Trinajstić information content (AvgIpc) is 3.01. The Morgan fingerprint density at radius 2 is 1.88 bits per heavy atom. The van der Waals surface area contributed by atoms with Gasteiger partial charge in [0.15, 0.2) is 5.13 Å². The van der Waals surface area contributed by atoms with E-state index in [2.05, 4.69) is 21.7 Å². The lowest BCUT2D eigenvalue weighted by Crippen LogP contribution is -2.53. The van der Waals surface area contributed by atoms with Gasteiger partial charge in [0.2, 0.25) is 5.91 Å². The molecule has 3 fully saturated rings. The van der Waals surface area contributed by atoms with E-state index < -0.39 is 0 Å². The number of thiazole rings is 1. The number of anilines is 1. The lowest BCUT2D eigenvalue weighted by Gasteiger charge is -2.45. The lowest BCUT2D eigenvalue weighted by atomic mass is 9.65. The Hall–Kier alpha value is -1.14. The fraction of sp³-hybridized carbons (Fsp3) is 0.778. The quantitative estimate of drug-likeness (QED) is 0.890. The highest BCUT2D eigenvalue weighted by molar-refractivity contribution is 7.15. The van der Waals surface area contributed by atoms with E-state index in [-0.39, 0.29) is 5.92 Å². The van der Waals surface area contributed by atoms with E-state index in [1.54, 1.807) is 11.3 Å². The molecular formula is C18H28N4OS. The first kappa shape index (κ1) is 16.3. The van der Waals surface area contributed by atoms with E-state index in [1.807, 2.05) is 6.20 Å². The van der Waals surface area contributed by atoms with Crippen molar-refractivity contribution in [3.05, 3.63) is 11.1 Å². The van der Waals surface area contributed by atoms with Crippen LogP contribution in [0.15, 0.2) is 6.20 Å². The summed E-state index contributed by atoms with van der Waals surface area (Å²) in [5.74, 6) is 1.75. The van der Waals surface area contributed by atoms with Gasteiger partial charge in [0.05, 0.1) is 0 Å². The maximum atomic E-state index is 13.0. The molecule has 132 valence electrons. The topological polar surface area (TPSA) is 62.5 Å². The van der Waals surface area contributed by atoms with Gasteiger partial charge < -0.3 is 15.5 Å². The second kappa shape index (κ2) is 6.64. The number of aromatic nitrogens is 1. The van der Waals surface area contributed by atoms with Crippen molar-refractivity contribution >= 4 is 22.4 Å². The predicted octanol–water partition coefficient (Wildman–Crippen LogP) is 2.25. The van der Waals surface area contributed by atoms with Crippen LogP contribution in [0.4, 0.5) is 5.13 Å². The van der Waals surface area contributed by atoms with Crippen molar-refractivity contribution in [2.24, 2.45) is 23.5 Å². The molecule has 4 rings (SSSR count). The van der Waals surface area contributed by atoms with Crippen LogP contribution in [-0.2, 0) is 4.79 Å². The van der Waals surface area contributed by atoms with Crippen LogP contribution in [-0.4, -0.2) is 48.0 Å². The molecule has 2 atom stereocenters. The summed E-state index contributed by atoms with van der Waals surface area (Å²) in [7, 11) is 0. The van der Waals surface area contributed by atoms with E-state index in [4.69, 9.17) is 5.73 Å². The number of piperazine rings is 1. The summed E-state index contributed by atoms with van der Waals surface area (Å²) in [5, 5.41) is 1.10. The number of hydrogen-bond donors (Lipinski definition) is 1. The van der Waals surface area contributed by atoms with Gasteiger partial charge in [-0.15, -0.1) is 11.3 Å². The summed E-state index contributed by atoms with van der Waals surface area (Å²) >= 11 is 1.74. The molecule has 6 heteroatoms. The van der Waals surface area contributed by atoms with Crippen LogP contribution in [0.1, 0.15) is 37.0 Å². The molecule has 2 aliphatic carbocycles. The molecule has 0 spiro atoms. The van der Waals surface area contributed by atoms with Gasteiger partial charge in [0.25, 0.3) is 0 Å². The van der Waals surface area contributed by atoms with Gasteiger partial charge in [-0.1, -0.05) is 6.42 Å². The van der Waals surface area contributed by atoms with Gasteiger partial charge in [0, 0.05) is 49.2 Å². The first-order chi connectivity index (χ1) is 11.6. The summed E-state index contributed by atoms with van der Waals surface area (Å²) in [4.78, 5) is 23.1. The molecule has 2 bridgehead atoms. The van der Waals surface area contributed by atoms with E-state index in [0.29, 0.717) is 23.8 Å². The van der Waals surface area contributed by atoms with Gasteiger partial charge in [0.1, 0.15) is 0 Å². The van der Waals surface area contributed by atoms with Crippen LogP contribution in [0.25, 0.3) is 0 Å². The maximum absolute atomic E-state index is 13.0. The molecule has 1 aromatic heterocycles. The molecule has 1 aliphatic heterocycles. The van der Waals surface area contributed by atoms with E-state index in [1.165, 1.54) is 24.1 Å². The van der Waals surface area contributed by atoms with Crippen molar-refractivity contribution in [3.63, 3.8) is 0 Å². The highest BCUT2D eigenvalue weighted by Crippen LogP contribution is 2.42. The largest absolute Gasteiger partial charge is 0.345 e. The van der Waals surface area contributed by atoms with E-state index >= 15 is 0 Å². The lowest BCUT2D eigenvalue weighted by molar-refractivity contribution is -0.138. The zero-order chi connectivity index (χ0) is 16.7. The molecule has 2 saturated carbocycles. The number of hydrogen-bond acceptors (Lipinski definition) is 5. The first-order valence-electron chi connectivity index (χ1n) is 9.33. The molecule has 5 nitrogen and oxygen atoms in total. The van der Waals surface area contributed by atoms with Crippen LogP contribution in [0.3, 0.4) is 0 Å². The third kappa shape index (κ3) is 3.06. The molecule has 1 saturated heterocycles. The Morgan fingerprint density at radius 1 is 1.21 bits per heavy atom. The highest BCUT2D eigenvalue weighted by atomic mass is 32.1. The van der Waals surface area contributed by atoms with Gasteiger partial charge in [-0.25, -0.2) is 4.98 Å². The Kier molecular flexibility index (Phi) is 4.52. The normalized spacial score (nSPS) is 33.6. The number of fused-ring (bicyclic) bond motifs is 2. The number of amides is 1. The number of nitrogens with two attached hydrogens (primary N) is 1. The molecule has 1 amide bonds. The monoisotopic (exact) mass is 348 g/mol. The third-order valence-electron chi connectivity index (χ3n) is 6.23. The van der Waals surface area contributed by atoms with Crippen LogP contribution >= 0.6 is 11.3 Å². The molecule has 2 heterocycles. The van der Waals surface area contributed by atoms with Crippen LogP contribution in [0, 0.1) is 24.7 Å². The molecule has 3 aliphatic rings. The standard InChI is InChI=1S/C18H28N4OS/c1-12-11-20-18(24-12)22-7-5-21(6-8-22)17(23)15-9-13-3-2-4-14(10-15)16(13)19/h11,13-16H,2-10,19H2,1H3. The van der Waals surface area contributed by atoms with Gasteiger partial charge >= 0.3 is 0 Å². The fourth-order valence-corrected chi connectivity index (χ4v) is 5.67. The smallest absolute Gasteiger partial charge is 0.225 e. The SMILES string of the molecule is Cc1cnc(N2CCN(C(=O)C3CC4CCCC(C3)C4N)CC2)s1. The Morgan fingerprint density at radius 3 is 2.46 bits per heavy atom. The van der Waals surface area contributed by atoms with Gasteiger partial charge in [-0.05, 0) is 44.4 Å². The molecule has 1 aromatic rings. The minimum Gasteiger partial charge on any atom is -0.345 e. The highest BCUT2D eigenvalue weighted by Gasteiger charge is 2.41. The Labute approximate surface area is 148 Å². The zero-order valence-electron chi connectivity index (χ0n) is 14.5. The molecule has 0 aromatic carbocycles. The number of nitrogens with zero attached hydrogens (tertiary/aromatic N) is 3. The average molecular weight is 349 g/mol. The molecule has 24 heavy (non-hydrogen) atoms. The Balaban J connectivity index is 1.35. The van der Waals surface area contributed by atoms with Gasteiger partial charge in [-0.2, -0.15) is 0 Å². The van der Waals surface area contributed by atoms with Crippen molar-refractivity contribution < 1.29 is 4.79 Å². The minimum atomic E-state index is 0.216. The molecule has 0 radical (unpaired) electrons. The predicted molar refractivity (Wildman–Crippen MR) is 97.2 cm³/mol. The van der Waals surface area contributed by atoms with Crippen LogP contribution < -0.4 is 10.6 Å². The zero-order valence-corrected chi connectivity index (χ0v) is 15.3. The third-order valence-corrected chi connectivity index (χ3v) is 7.21. The van der Waals surface area contributed by atoms with Crippen molar-refractivity contribution in [1.29, 1.82) is 0 Å². The minimum absolute atomic E-state index is 0.216. The van der Waals surface area contributed by atoms with Gasteiger partial charge in [-0.3, -0.25) is 4.79 Å². The molecule has 2 unspecified atom stereocenters. The summed E-state index contributed by atoms with van der Waals surface area (Å²) in [6.07, 6.45) is 7.71. The molecule has 2 N–H and O–H groups in total. The first-order valence-corrected chi connectivity index (χ1v) is 10.1. The number of carbonyl (C=O) groups excluding carboxylic acids is 1. The van der Waals surface area contributed by atoms with E-state index in [0.717, 1.165) is 44.2 Å². The van der Waals surface area contributed by atoms with Crippen LogP contribution in [0.5, 0.6) is 0 Å². The molecular weight excluding hydrogens is 320 g/mol. The van der Waals surface area contributed by atoms with Crippen molar-refractivity contribution in [2.75, 3.05) is 31.1 Å². The summed E-state index contributed by atoms with van der Waals surface area (Å²) in [6, 6.07) is 0.341. The van der Waals surface area contributed by atoms with Crippen molar-refractivity contribution in [1.82, 2.24) is 9.88 Å². The van der Waals surface area contributed by atoms with Crippen LogP contribution in [0.2, 0.25) is 0 Å². The summed E-state index contributed by atoms with van der Waals surface area (Å²) < 4.78 is 0.